The van der Waals surface area contributed by atoms with Gasteiger partial charge in [-0.2, -0.15) is 0 Å². The zero-order valence-electron chi connectivity index (χ0n) is 18.1. The zero-order chi connectivity index (χ0) is 19.8. The molecular weight excluding hydrogens is 479 g/mol. The Balaban J connectivity index is 0.00000300. The highest BCUT2D eigenvalue weighted by atomic mass is 127. The van der Waals surface area contributed by atoms with E-state index in [4.69, 9.17) is 14.5 Å². The SMILES string of the molecule is CCNC(=NCC(C)Oc1ccc(C)cc1)N1CCC(CN2CCOCC2)C1.I. The Bertz CT molecular complexity index is 620. The predicted octanol–water partition coefficient (Wildman–Crippen LogP) is 3.00. The van der Waals surface area contributed by atoms with E-state index in [2.05, 4.69) is 48.0 Å². The van der Waals surface area contributed by atoms with Crippen LogP contribution in [0, 0.1) is 12.8 Å². The van der Waals surface area contributed by atoms with Gasteiger partial charge in [0.15, 0.2) is 5.96 Å². The van der Waals surface area contributed by atoms with Crippen LogP contribution in [0.1, 0.15) is 25.8 Å². The molecule has 1 aromatic carbocycles. The maximum absolute atomic E-state index is 6.01. The minimum Gasteiger partial charge on any atom is -0.489 e. The van der Waals surface area contributed by atoms with Crippen molar-refractivity contribution in [3.63, 3.8) is 0 Å². The molecule has 2 atom stereocenters. The molecular formula is C22H37IN4O2. The number of aryl methyl sites for hydroxylation is 1. The summed E-state index contributed by atoms with van der Waals surface area (Å²) < 4.78 is 11.5. The fraction of sp³-hybridized carbons (Fsp3) is 0.682. The van der Waals surface area contributed by atoms with Crippen molar-refractivity contribution >= 4 is 29.9 Å². The summed E-state index contributed by atoms with van der Waals surface area (Å²) in [5.41, 5.74) is 1.24. The molecule has 0 aromatic heterocycles. The van der Waals surface area contributed by atoms with Gasteiger partial charge in [-0.25, -0.2) is 4.99 Å². The van der Waals surface area contributed by atoms with Gasteiger partial charge in [0.2, 0.25) is 0 Å². The number of halogens is 1. The summed E-state index contributed by atoms with van der Waals surface area (Å²) in [4.78, 5) is 9.81. The largest absolute Gasteiger partial charge is 0.489 e. The van der Waals surface area contributed by atoms with Crippen LogP contribution in [0.2, 0.25) is 0 Å². The van der Waals surface area contributed by atoms with Crippen molar-refractivity contribution in [3.05, 3.63) is 29.8 Å². The monoisotopic (exact) mass is 516 g/mol. The van der Waals surface area contributed by atoms with E-state index >= 15 is 0 Å². The summed E-state index contributed by atoms with van der Waals surface area (Å²) in [6.45, 7) is 15.0. The molecule has 1 N–H and O–H groups in total. The van der Waals surface area contributed by atoms with E-state index < -0.39 is 0 Å². The lowest BCUT2D eigenvalue weighted by Crippen LogP contribution is -2.42. The number of likely N-dealkylation sites (tertiary alicyclic amines) is 1. The number of rotatable bonds is 7. The Kier molecular flexibility index (Phi) is 10.5. The molecule has 0 amide bonds. The van der Waals surface area contributed by atoms with Gasteiger partial charge in [0.05, 0.1) is 19.8 Å². The molecule has 0 saturated carbocycles. The lowest BCUT2D eigenvalue weighted by atomic mass is 10.1. The summed E-state index contributed by atoms with van der Waals surface area (Å²) in [6, 6.07) is 8.21. The summed E-state index contributed by atoms with van der Waals surface area (Å²) >= 11 is 0. The van der Waals surface area contributed by atoms with Crippen LogP contribution in [0.15, 0.2) is 29.3 Å². The minimum atomic E-state index is 0. The highest BCUT2D eigenvalue weighted by Crippen LogP contribution is 2.19. The Labute approximate surface area is 193 Å². The maximum Gasteiger partial charge on any atom is 0.194 e. The number of nitrogens with zero attached hydrogens (tertiary/aromatic N) is 3. The van der Waals surface area contributed by atoms with Gasteiger partial charge in [0, 0.05) is 39.3 Å². The second kappa shape index (κ2) is 12.6. The minimum absolute atomic E-state index is 0. The number of hydrogen-bond acceptors (Lipinski definition) is 4. The third-order valence-electron chi connectivity index (χ3n) is 5.40. The molecule has 29 heavy (non-hydrogen) atoms. The van der Waals surface area contributed by atoms with E-state index in [9.17, 15) is 0 Å². The molecule has 0 bridgehead atoms. The van der Waals surface area contributed by atoms with E-state index in [1.807, 2.05) is 12.1 Å². The Morgan fingerprint density at radius 3 is 2.66 bits per heavy atom. The fourth-order valence-electron chi connectivity index (χ4n) is 3.85. The van der Waals surface area contributed by atoms with Gasteiger partial charge in [-0.15, -0.1) is 24.0 Å². The standard InChI is InChI=1S/C22H36N4O2.HI/c1-4-23-22(24-15-19(3)28-21-7-5-18(2)6-8-21)26-10-9-20(17-26)16-25-11-13-27-14-12-25;/h5-8,19-20H,4,9-17H2,1-3H3,(H,23,24);1H. The Hall–Kier alpha value is -1.06. The van der Waals surface area contributed by atoms with Gasteiger partial charge in [-0.3, -0.25) is 4.90 Å². The van der Waals surface area contributed by atoms with Crippen LogP contribution in [0.5, 0.6) is 5.75 Å². The first-order valence-electron chi connectivity index (χ1n) is 10.7. The van der Waals surface area contributed by atoms with E-state index in [1.54, 1.807) is 0 Å². The van der Waals surface area contributed by atoms with E-state index in [1.165, 1.54) is 18.5 Å². The molecule has 3 rings (SSSR count). The first kappa shape index (κ1) is 24.2. The lowest BCUT2D eigenvalue weighted by Gasteiger charge is -2.29. The molecule has 2 fully saturated rings. The smallest absolute Gasteiger partial charge is 0.194 e. The zero-order valence-corrected chi connectivity index (χ0v) is 20.4. The van der Waals surface area contributed by atoms with Crippen molar-refractivity contribution in [2.75, 3.05) is 59.0 Å². The number of aliphatic imine (C=N–C) groups is 1. The van der Waals surface area contributed by atoms with Crippen molar-refractivity contribution in [3.8, 4) is 5.75 Å². The number of benzene rings is 1. The highest BCUT2D eigenvalue weighted by Gasteiger charge is 2.27. The van der Waals surface area contributed by atoms with Crippen molar-refractivity contribution in [2.24, 2.45) is 10.9 Å². The molecule has 1 aromatic rings. The molecule has 0 spiro atoms. The number of morpholine rings is 1. The van der Waals surface area contributed by atoms with Crippen LogP contribution in [-0.2, 0) is 4.74 Å². The molecule has 2 aliphatic heterocycles. The van der Waals surface area contributed by atoms with Crippen molar-refractivity contribution in [2.45, 2.75) is 33.3 Å². The molecule has 6 nitrogen and oxygen atoms in total. The second-order valence-electron chi connectivity index (χ2n) is 7.95. The molecule has 2 unspecified atom stereocenters. The number of guanidine groups is 1. The van der Waals surface area contributed by atoms with Crippen molar-refractivity contribution in [1.29, 1.82) is 0 Å². The third kappa shape index (κ3) is 7.94. The average Bonchev–Trinajstić information content (AvgIpc) is 3.16. The third-order valence-corrected chi connectivity index (χ3v) is 5.40. The van der Waals surface area contributed by atoms with Crippen LogP contribution in [0.4, 0.5) is 0 Å². The molecule has 0 radical (unpaired) electrons. The lowest BCUT2D eigenvalue weighted by molar-refractivity contribution is 0.0315. The normalized spacial score (nSPS) is 21.6. The van der Waals surface area contributed by atoms with Crippen LogP contribution >= 0.6 is 24.0 Å². The van der Waals surface area contributed by atoms with Gasteiger partial charge in [-0.05, 0) is 45.2 Å². The van der Waals surface area contributed by atoms with E-state index in [0.717, 1.165) is 57.6 Å². The second-order valence-corrected chi connectivity index (χ2v) is 7.95. The van der Waals surface area contributed by atoms with Crippen LogP contribution in [0.25, 0.3) is 0 Å². The predicted molar refractivity (Wildman–Crippen MR) is 130 cm³/mol. The van der Waals surface area contributed by atoms with Crippen molar-refractivity contribution in [1.82, 2.24) is 15.1 Å². The van der Waals surface area contributed by atoms with Crippen LogP contribution < -0.4 is 10.1 Å². The number of hydrogen-bond donors (Lipinski definition) is 1. The molecule has 2 saturated heterocycles. The Morgan fingerprint density at radius 2 is 1.97 bits per heavy atom. The number of nitrogens with one attached hydrogen (secondary N) is 1. The van der Waals surface area contributed by atoms with E-state index in [-0.39, 0.29) is 30.1 Å². The first-order chi connectivity index (χ1) is 13.6. The van der Waals surface area contributed by atoms with Crippen LogP contribution in [0.3, 0.4) is 0 Å². The highest BCUT2D eigenvalue weighted by molar-refractivity contribution is 14.0. The summed E-state index contributed by atoms with van der Waals surface area (Å²) in [7, 11) is 0. The summed E-state index contributed by atoms with van der Waals surface area (Å²) in [5.74, 6) is 2.64. The summed E-state index contributed by atoms with van der Waals surface area (Å²) in [6.07, 6.45) is 1.28. The fourth-order valence-corrected chi connectivity index (χ4v) is 3.85. The van der Waals surface area contributed by atoms with Gasteiger partial charge >= 0.3 is 0 Å². The van der Waals surface area contributed by atoms with Gasteiger partial charge < -0.3 is 19.7 Å². The molecule has 164 valence electrons. The van der Waals surface area contributed by atoms with Gasteiger partial charge in [0.1, 0.15) is 11.9 Å². The topological polar surface area (TPSA) is 49.3 Å². The number of ether oxygens (including phenoxy) is 2. The first-order valence-corrected chi connectivity index (χ1v) is 10.7. The molecule has 7 heteroatoms. The van der Waals surface area contributed by atoms with E-state index in [0.29, 0.717) is 12.5 Å². The maximum atomic E-state index is 6.01. The molecule has 2 heterocycles. The summed E-state index contributed by atoms with van der Waals surface area (Å²) in [5, 5.41) is 3.46. The van der Waals surface area contributed by atoms with Gasteiger partial charge in [-0.1, -0.05) is 17.7 Å². The quantitative estimate of drug-likeness (QED) is 0.343. The Morgan fingerprint density at radius 1 is 1.24 bits per heavy atom. The van der Waals surface area contributed by atoms with Crippen molar-refractivity contribution < 1.29 is 9.47 Å². The molecule has 0 aliphatic carbocycles. The average molecular weight is 516 g/mol. The van der Waals surface area contributed by atoms with Crippen LogP contribution in [-0.4, -0.2) is 80.9 Å². The molecule has 2 aliphatic rings. The van der Waals surface area contributed by atoms with Gasteiger partial charge in [0.25, 0.3) is 0 Å².